The van der Waals surface area contributed by atoms with E-state index in [-0.39, 0.29) is 10.8 Å². The first kappa shape index (κ1) is 33.7. The SMILES string of the molecule is CC(C)(C)c1ccc(N(c2ccc(C(C)(C)C)cc2)c2cccc(-c3ccccc3-n3c4ccc5ccccc5c4c4c5ccccc5ccc43)c2)cc1. The van der Waals surface area contributed by atoms with Crippen LogP contribution in [-0.4, -0.2) is 4.57 Å². The average Bonchev–Trinajstić information content (AvgIpc) is 3.53. The Labute approximate surface area is 318 Å². The van der Waals surface area contributed by atoms with Crippen molar-refractivity contribution in [3.05, 3.63) is 181 Å². The van der Waals surface area contributed by atoms with Crippen molar-refractivity contribution < 1.29 is 0 Å². The van der Waals surface area contributed by atoms with Crippen LogP contribution in [0.4, 0.5) is 17.1 Å². The number of anilines is 3. The molecule has 0 fully saturated rings. The summed E-state index contributed by atoms with van der Waals surface area (Å²) in [6.07, 6.45) is 0. The minimum atomic E-state index is 0.0761. The maximum atomic E-state index is 2.49. The molecule has 264 valence electrons. The van der Waals surface area contributed by atoms with Gasteiger partial charge >= 0.3 is 0 Å². The van der Waals surface area contributed by atoms with Gasteiger partial charge in [0.25, 0.3) is 0 Å². The van der Waals surface area contributed by atoms with E-state index in [1.54, 1.807) is 0 Å². The molecule has 0 saturated carbocycles. The highest BCUT2D eigenvalue weighted by atomic mass is 15.1. The van der Waals surface area contributed by atoms with Crippen molar-refractivity contribution in [2.45, 2.75) is 52.4 Å². The zero-order chi connectivity index (χ0) is 37.2. The highest BCUT2D eigenvalue weighted by Crippen LogP contribution is 2.44. The number of para-hydroxylation sites is 1. The number of fused-ring (bicyclic) bond motifs is 7. The summed E-state index contributed by atoms with van der Waals surface area (Å²) in [6.45, 7) is 13.6. The third-order valence-corrected chi connectivity index (χ3v) is 11.1. The van der Waals surface area contributed by atoms with Gasteiger partial charge in [0.15, 0.2) is 0 Å². The summed E-state index contributed by atoms with van der Waals surface area (Å²) in [5, 5.41) is 7.66. The predicted octanol–water partition coefficient (Wildman–Crippen LogP) is 14.8. The van der Waals surface area contributed by atoms with Crippen LogP contribution in [0.25, 0.3) is 60.2 Å². The average molecular weight is 699 g/mol. The van der Waals surface area contributed by atoms with E-state index < -0.39 is 0 Å². The number of benzene rings is 8. The highest BCUT2D eigenvalue weighted by Gasteiger charge is 2.22. The lowest BCUT2D eigenvalue weighted by atomic mass is 9.86. The van der Waals surface area contributed by atoms with Crippen molar-refractivity contribution in [2.24, 2.45) is 0 Å². The van der Waals surface area contributed by atoms with Gasteiger partial charge in [0.1, 0.15) is 0 Å². The molecule has 0 aliphatic rings. The first-order valence-electron chi connectivity index (χ1n) is 19.1. The Morgan fingerprint density at radius 3 is 1.41 bits per heavy atom. The van der Waals surface area contributed by atoms with Gasteiger partial charge in [-0.05, 0) is 104 Å². The summed E-state index contributed by atoms with van der Waals surface area (Å²) in [5.41, 5.74) is 12.1. The molecule has 9 rings (SSSR count). The lowest BCUT2D eigenvalue weighted by Crippen LogP contribution is -2.14. The van der Waals surface area contributed by atoms with Crippen LogP contribution in [0.3, 0.4) is 0 Å². The molecule has 0 radical (unpaired) electrons. The Morgan fingerprint density at radius 1 is 0.407 bits per heavy atom. The first-order valence-corrected chi connectivity index (χ1v) is 19.1. The van der Waals surface area contributed by atoms with Crippen LogP contribution in [0, 0.1) is 0 Å². The summed E-state index contributed by atoms with van der Waals surface area (Å²) in [4.78, 5) is 2.39. The molecule has 0 N–H and O–H groups in total. The lowest BCUT2D eigenvalue weighted by Gasteiger charge is -2.28. The van der Waals surface area contributed by atoms with Crippen molar-refractivity contribution in [1.29, 1.82) is 0 Å². The first-order chi connectivity index (χ1) is 26.1. The van der Waals surface area contributed by atoms with E-state index in [2.05, 4.69) is 221 Å². The maximum absolute atomic E-state index is 2.49. The summed E-state index contributed by atoms with van der Waals surface area (Å²) >= 11 is 0. The highest BCUT2D eigenvalue weighted by molar-refractivity contribution is 6.28. The van der Waals surface area contributed by atoms with Gasteiger partial charge in [-0.15, -0.1) is 0 Å². The minimum Gasteiger partial charge on any atom is -0.310 e. The van der Waals surface area contributed by atoms with Gasteiger partial charge in [0, 0.05) is 33.4 Å². The third-order valence-electron chi connectivity index (χ3n) is 11.1. The number of hydrogen-bond donors (Lipinski definition) is 0. The smallest absolute Gasteiger partial charge is 0.0548 e. The number of nitrogens with zero attached hydrogens (tertiary/aromatic N) is 2. The van der Waals surface area contributed by atoms with Crippen LogP contribution in [0.1, 0.15) is 52.7 Å². The molecule has 0 aliphatic carbocycles. The quantitative estimate of drug-likeness (QED) is 0.174. The fourth-order valence-electron chi connectivity index (χ4n) is 8.20. The van der Waals surface area contributed by atoms with Crippen LogP contribution in [0.5, 0.6) is 0 Å². The summed E-state index contributed by atoms with van der Waals surface area (Å²) < 4.78 is 2.49. The monoisotopic (exact) mass is 698 g/mol. The molecular formula is C52H46N2. The van der Waals surface area contributed by atoms with Gasteiger partial charge in [-0.1, -0.05) is 157 Å². The van der Waals surface area contributed by atoms with Crippen LogP contribution in [0.2, 0.25) is 0 Å². The van der Waals surface area contributed by atoms with Gasteiger partial charge in [0.05, 0.1) is 16.7 Å². The molecule has 0 unspecified atom stereocenters. The lowest BCUT2D eigenvalue weighted by molar-refractivity contribution is 0.590. The standard InChI is InChI=1S/C52H46N2/c1-51(2,3)38-24-28-40(29-25-38)53(41-30-26-39(27-31-41)52(4,5)6)42-17-13-16-37(34-42)43-18-11-12-21-46(43)54-47-32-22-35-14-7-9-19-44(35)49(47)50-45-20-10-8-15-36(45)23-33-48(50)54/h7-34H,1-6H3. The summed E-state index contributed by atoms with van der Waals surface area (Å²) in [5.74, 6) is 0. The summed E-state index contributed by atoms with van der Waals surface area (Å²) in [7, 11) is 0. The molecule has 2 heteroatoms. The molecular weight excluding hydrogens is 653 g/mol. The summed E-state index contributed by atoms with van der Waals surface area (Å²) in [6, 6.07) is 62.9. The minimum absolute atomic E-state index is 0.0761. The van der Waals surface area contributed by atoms with Crippen molar-refractivity contribution in [2.75, 3.05) is 4.90 Å². The largest absolute Gasteiger partial charge is 0.310 e. The predicted molar refractivity (Wildman–Crippen MR) is 233 cm³/mol. The molecule has 9 aromatic rings. The number of aromatic nitrogens is 1. The third kappa shape index (κ3) is 5.74. The molecule has 2 nitrogen and oxygen atoms in total. The van der Waals surface area contributed by atoms with Gasteiger partial charge < -0.3 is 9.47 Å². The van der Waals surface area contributed by atoms with E-state index >= 15 is 0 Å². The maximum Gasteiger partial charge on any atom is 0.0548 e. The van der Waals surface area contributed by atoms with E-state index in [0.29, 0.717) is 0 Å². The molecule has 54 heavy (non-hydrogen) atoms. The zero-order valence-electron chi connectivity index (χ0n) is 32.1. The fourth-order valence-corrected chi connectivity index (χ4v) is 8.20. The topological polar surface area (TPSA) is 8.17 Å². The Morgan fingerprint density at radius 2 is 0.889 bits per heavy atom. The number of hydrogen-bond acceptors (Lipinski definition) is 1. The van der Waals surface area contributed by atoms with Gasteiger partial charge in [-0.25, -0.2) is 0 Å². The second kappa shape index (κ2) is 12.8. The van der Waals surface area contributed by atoms with E-state index in [0.717, 1.165) is 22.7 Å². The Balaban J connectivity index is 1.25. The molecule has 0 bridgehead atoms. The molecule has 8 aromatic carbocycles. The molecule has 1 heterocycles. The molecule has 0 aliphatic heterocycles. The van der Waals surface area contributed by atoms with E-state index in [4.69, 9.17) is 0 Å². The van der Waals surface area contributed by atoms with Gasteiger partial charge in [-0.3, -0.25) is 0 Å². The second-order valence-electron chi connectivity index (χ2n) is 16.7. The van der Waals surface area contributed by atoms with Crippen LogP contribution in [0.15, 0.2) is 170 Å². The fraction of sp³-hybridized carbons (Fsp3) is 0.154. The Bertz CT molecular complexity index is 2670. The van der Waals surface area contributed by atoms with Crippen molar-refractivity contribution in [3.63, 3.8) is 0 Å². The van der Waals surface area contributed by atoms with Crippen LogP contribution in [-0.2, 0) is 10.8 Å². The van der Waals surface area contributed by atoms with Crippen molar-refractivity contribution >= 4 is 60.4 Å². The molecule has 0 spiro atoms. The molecule has 1 aromatic heterocycles. The van der Waals surface area contributed by atoms with E-state index in [1.165, 1.54) is 65.6 Å². The normalized spacial score (nSPS) is 12.3. The van der Waals surface area contributed by atoms with Crippen molar-refractivity contribution in [3.8, 4) is 16.8 Å². The van der Waals surface area contributed by atoms with Gasteiger partial charge in [0.2, 0.25) is 0 Å². The van der Waals surface area contributed by atoms with Gasteiger partial charge in [-0.2, -0.15) is 0 Å². The second-order valence-corrected chi connectivity index (χ2v) is 16.7. The number of rotatable bonds is 5. The molecule has 0 amide bonds. The van der Waals surface area contributed by atoms with Crippen LogP contribution >= 0.6 is 0 Å². The Hall–Kier alpha value is -6.12. The zero-order valence-corrected chi connectivity index (χ0v) is 32.1. The Kier molecular flexibility index (Phi) is 7.97. The van der Waals surface area contributed by atoms with Crippen LogP contribution < -0.4 is 4.90 Å². The van der Waals surface area contributed by atoms with E-state index in [9.17, 15) is 0 Å². The van der Waals surface area contributed by atoms with E-state index in [1.807, 2.05) is 0 Å². The molecule has 0 saturated heterocycles. The molecule has 0 atom stereocenters. The van der Waals surface area contributed by atoms with Crippen molar-refractivity contribution in [1.82, 2.24) is 4.57 Å².